The van der Waals surface area contributed by atoms with E-state index in [1.54, 1.807) is 0 Å². The third-order valence-electron chi connectivity index (χ3n) is 1.47. The molecular weight excluding hydrogens is 173 g/mol. The van der Waals surface area contributed by atoms with Crippen molar-refractivity contribution in [3.05, 3.63) is 58.1 Å². The summed E-state index contributed by atoms with van der Waals surface area (Å²) in [4.78, 5) is 9.83. The van der Waals surface area contributed by atoms with Crippen molar-refractivity contribution in [3.8, 4) is 0 Å². The van der Waals surface area contributed by atoms with Crippen LogP contribution in [0.3, 0.4) is 0 Å². The summed E-state index contributed by atoms with van der Waals surface area (Å²) in [5.41, 5.74) is -0.0535. The van der Waals surface area contributed by atoms with Crippen molar-refractivity contribution in [3.63, 3.8) is 0 Å². The molecule has 0 fully saturated rings. The van der Waals surface area contributed by atoms with Crippen LogP contribution in [0.1, 0.15) is 6.42 Å². The van der Waals surface area contributed by atoms with Gasteiger partial charge in [-0.15, -0.1) is 0 Å². The predicted molar refractivity (Wildman–Crippen MR) is 47.2 cm³/mol. The molecule has 0 aliphatic heterocycles. The van der Waals surface area contributed by atoms with Gasteiger partial charge in [0.25, 0.3) is 5.70 Å². The van der Waals surface area contributed by atoms with Crippen molar-refractivity contribution in [1.82, 2.24) is 0 Å². The lowest BCUT2D eigenvalue weighted by molar-refractivity contribution is -0.419. The molecule has 0 amide bonds. The van der Waals surface area contributed by atoms with Gasteiger partial charge in [0, 0.05) is 18.6 Å². The van der Waals surface area contributed by atoms with E-state index in [9.17, 15) is 14.5 Å². The first-order chi connectivity index (χ1) is 6.20. The fraction of sp³-hybridized carbons (Fsp3) is 0.111. The molecule has 68 valence electrons. The van der Waals surface area contributed by atoms with Gasteiger partial charge in [-0.2, -0.15) is 0 Å². The minimum absolute atomic E-state index is 0.0535. The van der Waals surface area contributed by atoms with Gasteiger partial charge in [0.1, 0.15) is 5.83 Å². The summed E-state index contributed by atoms with van der Waals surface area (Å²) in [5, 5.41) is 10.4. The predicted octanol–water partition coefficient (Wildman–Crippen LogP) is 2.52. The first kappa shape index (κ1) is 9.38. The quantitative estimate of drug-likeness (QED) is 0.460. The van der Waals surface area contributed by atoms with Gasteiger partial charge < -0.3 is 0 Å². The van der Waals surface area contributed by atoms with Crippen LogP contribution in [0.4, 0.5) is 4.39 Å². The van der Waals surface area contributed by atoms with Crippen LogP contribution >= 0.6 is 0 Å². The Labute approximate surface area is 74.7 Å². The van der Waals surface area contributed by atoms with Crippen molar-refractivity contribution in [2.45, 2.75) is 6.42 Å². The number of nitro groups is 1. The molecule has 0 spiro atoms. The maximum atomic E-state index is 12.7. The average Bonchev–Trinajstić information content (AvgIpc) is 2.16. The number of nitrogens with zero attached hydrogens (tertiary/aromatic N) is 1. The Morgan fingerprint density at radius 3 is 2.85 bits per heavy atom. The van der Waals surface area contributed by atoms with Crippen molar-refractivity contribution in [1.29, 1.82) is 0 Å². The zero-order valence-electron chi connectivity index (χ0n) is 6.81. The van der Waals surface area contributed by atoms with Gasteiger partial charge in [0.15, 0.2) is 0 Å². The molecule has 13 heavy (non-hydrogen) atoms. The topological polar surface area (TPSA) is 43.1 Å². The normalized spacial score (nSPS) is 29.6. The van der Waals surface area contributed by atoms with E-state index in [2.05, 4.69) is 0 Å². The molecule has 3 nitrogen and oxygen atoms in total. The Hall–Kier alpha value is -1.71. The number of halogens is 1. The monoisotopic (exact) mass is 181 g/mol. The number of rotatable bonds is 1. The van der Waals surface area contributed by atoms with E-state index >= 15 is 0 Å². The minimum atomic E-state index is -0.516. The van der Waals surface area contributed by atoms with Crippen molar-refractivity contribution >= 4 is 0 Å². The second-order valence-electron chi connectivity index (χ2n) is 2.45. The van der Waals surface area contributed by atoms with Crippen LogP contribution in [-0.4, -0.2) is 4.92 Å². The molecule has 0 atom stereocenters. The van der Waals surface area contributed by atoms with Crippen LogP contribution in [0.2, 0.25) is 0 Å². The average molecular weight is 181 g/mol. The van der Waals surface area contributed by atoms with Crippen LogP contribution < -0.4 is 0 Å². The molecule has 4 heteroatoms. The SMILES string of the molecule is O=[N+]([O-])C1=C/C=C\C/C(F)=C\C=C\1. The summed E-state index contributed by atoms with van der Waals surface area (Å²) in [6, 6.07) is 0. The summed E-state index contributed by atoms with van der Waals surface area (Å²) in [7, 11) is 0. The zero-order chi connectivity index (χ0) is 9.68. The van der Waals surface area contributed by atoms with E-state index in [4.69, 9.17) is 0 Å². The van der Waals surface area contributed by atoms with E-state index < -0.39 is 4.92 Å². The highest BCUT2D eigenvalue weighted by atomic mass is 19.1. The molecule has 0 unspecified atom stereocenters. The van der Waals surface area contributed by atoms with Gasteiger partial charge in [0.2, 0.25) is 0 Å². The molecule has 0 N–H and O–H groups in total. The van der Waals surface area contributed by atoms with Crippen molar-refractivity contribution < 1.29 is 9.31 Å². The second kappa shape index (κ2) is 4.35. The van der Waals surface area contributed by atoms with Crippen LogP contribution in [0.5, 0.6) is 0 Å². The maximum absolute atomic E-state index is 12.7. The molecule has 0 heterocycles. The van der Waals surface area contributed by atoms with Crippen LogP contribution in [0, 0.1) is 10.1 Å². The fourth-order valence-corrected chi connectivity index (χ4v) is 0.844. The molecule has 0 aromatic carbocycles. The number of allylic oxidation sites excluding steroid dienone is 7. The van der Waals surface area contributed by atoms with E-state index in [0.29, 0.717) is 0 Å². The highest BCUT2D eigenvalue weighted by Gasteiger charge is 2.03. The summed E-state index contributed by atoms with van der Waals surface area (Å²) in [6.07, 6.45) is 8.32. The van der Waals surface area contributed by atoms with Gasteiger partial charge >= 0.3 is 0 Å². The Morgan fingerprint density at radius 2 is 2.15 bits per heavy atom. The summed E-state index contributed by atoms with van der Waals surface area (Å²) in [6.45, 7) is 0. The zero-order valence-corrected chi connectivity index (χ0v) is 6.81. The third-order valence-corrected chi connectivity index (χ3v) is 1.47. The highest BCUT2D eigenvalue weighted by molar-refractivity contribution is 5.24. The van der Waals surface area contributed by atoms with E-state index in [1.807, 2.05) is 0 Å². The van der Waals surface area contributed by atoms with Crippen LogP contribution in [0.15, 0.2) is 48.0 Å². The minimum Gasteiger partial charge on any atom is -0.258 e. The summed E-state index contributed by atoms with van der Waals surface area (Å²) < 4.78 is 12.7. The van der Waals surface area contributed by atoms with Gasteiger partial charge in [-0.1, -0.05) is 18.2 Å². The molecule has 0 radical (unpaired) electrons. The molecule has 0 bridgehead atoms. The largest absolute Gasteiger partial charge is 0.269 e. The Morgan fingerprint density at radius 1 is 1.38 bits per heavy atom. The second-order valence-corrected chi connectivity index (χ2v) is 2.45. The molecule has 0 aromatic heterocycles. The van der Waals surface area contributed by atoms with E-state index in [-0.39, 0.29) is 17.9 Å². The van der Waals surface area contributed by atoms with Gasteiger partial charge in [-0.05, 0) is 6.08 Å². The van der Waals surface area contributed by atoms with Crippen LogP contribution in [0.25, 0.3) is 0 Å². The summed E-state index contributed by atoms with van der Waals surface area (Å²) >= 11 is 0. The summed E-state index contributed by atoms with van der Waals surface area (Å²) in [5.74, 6) is -0.314. The fourth-order valence-electron chi connectivity index (χ4n) is 0.844. The number of hydrogen-bond acceptors (Lipinski definition) is 2. The molecule has 0 aromatic rings. The molecule has 1 aliphatic rings. The standard InChI is InChI=1S/C9H8FNO2/c10-8-4-1-2-6-9(11(12)13)7-3-5-8/h1-3,5-7H,4H2/b2-1-,7-3+,8-5+,9-6+. The van der Waals surface area contributed by atoms with E-state index in [1.165, 1.54) is 36.5 Å². The van der Waals surface area contributed by atoms with E-state index in [0.717, 1.165) is 0 Å². The van der Waals surface area contributed by atoms with Gasteiger partial charge in [-0.25, -0.2) is 4.39 Å². The first-order valence-corrected chi connectivity index (χ1v) is 3.74. The smallest absolute Gasteiger partial charge is 0.258 e. The molecular formula is C9H8FNO2. The third kappa shape index (κ3) is 3.02. The van der Waals surface area contributed by atoms with Crippen molar-refractivity contribution in [2.24, 2.45) is 0 Å². The van der Waals surface area contributed by atoms with Gasteiger partial charge in [-0.3, -0.25) is 10.1 Å². The molecule has 0 saturated heterocycles. The molecule has 0 saturated carbocycles. The van der Waals surface area contributed by atoms with Gasteiger partial charge in [0.05, 0.1) is 4.92 Å². The lowest BCUT2D eigenvalue weighted by Crippen LogP contribution is -1.93. The van der Waals surface area contributed by atoms with Crippen LogP contribution in [-0.2, 0) is 0 Å². The maximum Gasteiger partial charge on any atom is 0.269 e. The molecule has 1 rings (SSSR count). The molecule has 1 aliphatic carbocycles. The Balaban J connectivity index is 2.92. The first-order valence-electron chi connectivity index (χ1n) is 3.74. The lowest BCUT2D eigenvalue weighted by atomic mass is 10.3. The Kier molecular flexibility index (Phi) is 3.14. The number of hydrogen-bond donors (Lipinski definition) is 0. The Bertz CT molecular complexity index is 327. The highest BCUT2D eigenvalue weighted by Crippen LogP contribution is 2.08. The van der Waals surface area contributed by atoms with Crippen molar-refractivity contribution in [2.75, 3.05) is 0 Å². The lowest BCUT2D eigenvalue weighted by Gasteiger charge is -1.86.